The van der Waals surface area contributed by atoms with Crippen LogP contribution in [0.2, 0.25) is 0 Å². The maximum Gasteiger partial charge on any atom is 0.225 e. The van der Waals surface area contributed by atoms with E-state index in [0.29, 0.717) is 18.9 Å². The molecule has 1 aliphatic rings. The predicted molar refractivity (Wildman–Crippen MR) is 72.1 cm³/mol. The van der Waals surface area contributed by atoms with Crippen LogP contribution in [0.15, 0.2) is 0 Å². The summed E-state index contributed by atoms with van der Waals surface area (Å²) in [4.78, 5) is 25.3. The van der Waals surface area contributed by atoms with Gasteiger partial charge >= 0.3 is 0 Å². The van der Waals surface area contributed by atoms with Gasteiger partial charge in [-0.2, -0.15) is 0 Å². The molecule has 0 aliphatic carbocycles. The third-order valence-electron chi connectivity index (χ3n) is 3.39. The number of nitrogens with zero attached hydrogens (tertiary/aromatic N) is 1. The number of carbonyl (C=O) groups is 2. The quantitative estimate of drug-likeness (QED) is 0.813. The highest BCUT2D eigenvalue weighted by Crippen LogP contribution is 2.17. The summed E-state index contributed by atoms with van der Waals surface area (Å²) in [5.41, 5.74) is 0. The Kier molecular flexibility index (Phi) is 6.16. The topological polar surface area (TPSA) is 49.4 Å². The van der Waals surface area contributed by atoms with Crippen molar-refractivity contribution in [3.8, 4) is 0 Å². The second-order valence-corrected chi connectivity index (χ2v) is 5.50. The summed E-state index contributed by atoms with van der Waals surface area (Å²) in [6.07, 6.45) is 3.64. The lowest BCUT2D eigenvalue weighted by atomic mass is 9.97. The lowest BCUT2D eigenvalue weighted by Gasteiger charge is -2.34. The lowest BCUT2D eigenvalue weighted by molar-refractivity contribution is -0.136. The van der Waals surface area contributed by atoms with Gasteiger partial charge in [-0.05, 0) is 25.2 Å². The summed E-state index contributed by atoms with van der Waals surface area (Å²) >= 11 is 0. The van der Waals surface area contributed by atoms with E-state index in [1.165, 1.54) is 0 Å². The maximum atomic E-state index is 11.9. The third-order valence-corrected chi connectivity index (χ3v) is 3.39. The van der Waals surface area contributed by atoms with Crippen LogP contribution >= 0.6 is 0 Å². The smallest absolute Gasteiger partial charge is 0.225 e. The Labute approximate surface area is 110 Å². The van der Waals surface area contributed by atoms with Crippen molar-refractivity contribution in [3.05, 3.63) is 0 Å². The van der Waals surface area contributed by atoms with Gasteiger partial charge in [-0.15, -0.1) is 0 Å². The van der Waals surface area contributed by atoms with Gasteiger partial charge in [0, 0.05) is 32.0 Å². The van der Waals surface area contributed by atoms with E-state index in [-0.39, 0.29) is 17.7 Å². The summed E-state index contributed by atoms with van der Waals surface area (Å²) in [5.74, 6) is 0.852. The maximum absolute atomic E-state index is 11.9. The number of amides is 2. The van der Waals surface area contributed by atoms with E-state index in [4.69, 9.17) is 0 Å². The Morgan fingerprint density at radius 2 is 2.11 bits per heavy atom. The highest BCUT2D eigenvalue weighted by atomic mass is 16.2. The molecule has 1 fully saturated rings. The number of hydrogen-bond acceptors (Lipinski definition) is 2. The number of hydrogen-bond donors (Lipinski definition) is 1. The van der Waals surface area contributed by atoms with Crippen molar-refractivity contribution in [3.63, 3.8) is 0 Å². The highest BCUT2D eigenvalue weighted by molar-refractivity contribution is 5.78. The van der Waals surface area contributed by atoms with Crippen LogP contribution in [0.3, 0.4) is 0 Å². The van der Waals surface area contributed by atoms with E-state index in [2.05, 4.69) is 5.32 Å². The summed E-state index contributed by atoms with van der Waals surface area (Å²) in [7, 11) is 0. The Morgan fingerprint density at radius 1 is 1.39 bits per heavy atom. The predicted octanol–water partition coefficient (Wildman–Crippen LogP) is 1.80. The summed E-state index contributed by atoms with van der Waals surface area (Å²) in [6.45, 7) is 8.26. The van der Waals surface area contributed by atoms with Gasteiger partial charge in [0.1, 0.15) is 0 Å². The molecule has 1 aliphatic heterocycles. The Hall–Kier alpha value is -1.06. The van der Waals surface area contributed by atoms with Crippen LogP contribution in [-0.2, 0) is 9.59 Å². The summed E-state index contributed by atoms with van der Waals surface area (Å²) in [6, 6.07) is 0. The van der Waals surface area contributed by atoms with Crippen LogP contribution in [0, 0.1) is 11.8 Å². The fourth-order valence-electron chi connectivity index (χ4n) is 2.37. The molecule has 0 bridgehead atoms. The molecule has 1 saturated heterocycles. The average Bonchev–Trinajstić information content (AvgIpc) is 2.36. The van der Waals surface area contributed by atoms with Gasteiger partial charge in [-0.1, -0.05) is 20.8 Å². The highest BCUT2D eigenvalue weighted by Gasteiger charge is 2.25. The lowest BCUT2D eigenvalue weighted by Crippen LogP contribution is -2.45. The zero-order valence-electron chi connectivity index (χ0n) is 11.9. The Morgan fingerprint density at radius 3 is 2.72 bits per heavy atom. The van der Waals surface area contributed by atoms with Gasteiger partial charge in [0.25, 0.3) is 0 Å². The first-order chi connectivity index (χ1) is 8.54. The molecule has 0 aromatic rings. The number of carbonyl (C=O) groups excluding carboxylic acids is 2. The minimum Gasteiger partial charge on any atom is -0.356 e. The van der Waals surface area contributed by atoms with E-state index in [0.717, 1.165) is 32.4 Å². The fraction of sp³-hybridized carbons (Fsp3) is 0.857. The van der Waals surface area contributed by atoms with Crippen LogP contribution < -0.4 is 5.32 Å². The van der Waals surface area contributed by atoms with Crippen molar-refractivity contribution in [1.29, 1.82) is 0 Å². The zero-order valence-corrected chi connectivity index (χ0v) is 11.9. The first-order valence-electron chi connectivity index (χ1n) is 7.10. The molecule has 1 rings (SSSR count). The summed E-state index contributed by atoms with van der Waals surface area (Å²) < 4.78 is 0. The fourth-order valence-corrected chi connectivity index (χ4v) is 2.37. The van der Waals surface area contributed by atoms with Gasteiger partial charge in [-0.3, -0.25) is 9.59 Å². The normalized spacial score (nSPS) is 20.0. The van der Waals surface area contributed by atoms with E-state index in [1.54, 1.807) is 0 Å². The SMILES string of the molecule is CCCC(=O)NC[C@@H]1CCCN(C(=O)C(C)C)C1. The minimum absolute atomic E-state index is 0.0680. The third kappa shape index (κ3) is 4.67. The monoisotopic (exact) mass is 254 g/mol. The average molecular weight is 254 g/mol. The van der Waals surface area contributed by atoms with Crippen molar-refractivity contribution < 1.29 is 9.59 Å². The molecular formula is C14H26N2O2. The van der Waals surface area contributed by atoms with E-state index < -0.39 is 0 Å². The second-order valence-electron chi connectivity index (χ2n) is 5.50. The number of nitrogens with one attached hydrogen (secondary N) is 1. The molecule has 0 saturated carbocycles. The van der Waals surface area contributed by atoms with Crippen LogP contribution in [-0.4, -0.2) is 36.3 Å². The minimum atomic E-state index is 0.0680. The van der Waals surface area contributed by atoms with Gasteiger partial charge < -0.3 is 10.2 Å². The molecule has 0 aromatic carbocycles. The first-order valence-corrected chi connectivity index (χ1v) is 7.10. The molecule has 18 heavy (non-hydrogen) atoms. The van der Waals surface area contributed by atoms with Crippen LogP contribution in [0.5, 0.6) is 0 Å². The molecule has 0 spiro atoms. The second kappa shape index (κ2) is 7.39. The van der Waals surface area contributed by atoms with Crippen molar-refractivity contribution in [2.24, 2.45) is 11.8 Å². The molecular weight excluding hydrogens is 228 g/mol. The van der Waals surface area contributed by atoms with Gasteiger partial charge in [-0.25, -0.2) is 0 Å². The molecule has 2 amide bonds. The number of rotatable bonds is 5. The Bertz CT molecular complexity index is 290. The molecule has 0 radical (unpaired) electrons. The van der Waals surface area contributed by atoms with Gasteiger partial charge in [0.15, 0.2) is 0 Å². The van der Waals surface area contributed by atoms with Crippen molar-refractivity contribution >= 4 is 11.8 Å². The van der Waals surface area contributed by atoms with E-state index in [1.807, 2.05) is 25.7 Å². The van der Waals surface area contributed by atoms with Crippen LogP contribution in [0.25, 0.3) is 0 Å². The standard InChI is InChI=1S/C14H26N2O2/c1-4-6-13(17)15-9-12-7-5-8-16(10-12)14(18)11(2)3/h11-12H,4-10H2,1-3H3,(H,15,17)/t12-/m0/s1. The van der Waals surface area contributed by atoms with Crippen molar-refractivity contribution in [1.82, 2.24) is 10.2 Å². The molecule has 1 heterocycles. The van der Waals surface area contributed by atoms with Crippen LogP contribution in [0.1, 0.15) is 46.5 Å². The molecule has 104 valence electrons. The summed E-state index contributed by atoms with van der Waals surface area (Å²) in [5, 5.41) is 2.97. The Balaban J connectivity index is 2.35. The molecule has 0 unspecified atom stereocenters. The largest absolute Gasteiger partial charge is 0.356 e. The van der Waals surface area contributed by atoms with Crippen LogP contribution in [0.4, 0.5) is 0 Å². The molecule has 4 heteroatoms. The number of likely N-dealkylation sites (tertiary alicyclic amines) is 1. The van der Waals surface area contributed by atoms with E-state index in [9.17, 15) is 9.59 Å². The number of piperidine rings is 1. The van der Waals surface area contributed by atoms with Gasteiger partial charge in [0.2, 0.25) is 11.8 Å². The molecule has 1 N–H and O–H groups in total. The molecule has 0 aromatic heterocycles. The van der Waals surface area contributed by atoms with Gasteiger partial charge in [0.05, 0.1) is 0 Å². The van der Waals surface area contributed by atoms with Crippen molar-refractivity contribution in [2.45, 2.75) is 46.5 Å². The first kappa shape index (κ1) is 15.0. The zero-order chi connectivity index (χ0) is 13.5. The van der Waals surface area contributed by atoms with E-state index >= 15 is 0 Å². The molecule has 1 atom stereocenters. The molecule has 4 nitrogen and oxygen atoms in total. The van der Waals surface area contributed by atoms with Crippen molar-refractivity contribution in [2.75, 3.05) is 19.6 Å².